The van der Waals surface area contributed by atoms with Gasteiger partial charge in [-0.15, -0.1) is 0 Å². The van der Waals surface area contributed by atoms with E-state index in [1.807, 2.05) is 26.8 Å². The van der Waals surface area contributed by atoms with Crippen molar-refractivity contribution in [2.75, 3.05) is 6.54 Å². The molecular formula is C25H47NO5. The zero-order chi connectivity index (χ0) is 24.7. The molecule has 0 fully saturated rings. The van der Waals surface area contributed by atoms with E-state index in [4.69, 9.17) is 14.6 Å². The van der Waals surface area contributed by atoms with Crippen LogP contribution in [0.4, 0.5) is 4.79 Å². The molecular weight excluding hydrogens is 394 g/mol. The Labute approximate surface area is 190 Å². The lowest BCUT2D eigenvalue weighted by molar-refractivity contribution is -0.147. The molecule has 1 amide bonds. The monoisotopic (exact) mass is 441 g/mol. The van der Waals surface area contributed by atoms with E-state index in [2.05, 4.69) is 26.1 Å². The summed E-state index contributed by atoms with van der Waals surface area (Å²) in [4.78, 5) is 22.7. The quantitative estimate of drug-likeness (QED) is 0.452. The van der Waals surface area contributed by atoms with Crippen LogP contribution in [0.25, 0.3) is 0 Å². The fourth-order valence-electron chi connectivity index (χ4n) is 1.70. The first-order valence-electron chi connectivity index (χ1n) is 11.5. The normalized spacial score (nSPS) is 10.5. The molecule has 0 bridgehead atoms. The molecule has 2 N–H and O–H groups in total. The largest absolute Gasteiger partial charge is 0.508 e. The lowest BCUT2D eigenvalue weighted by Crippen LogP contribution is -2.36. The number of esters is 1. The Morgan fingerprint density at radius 3 is 1.87 bits per heavy atom. The fraction of sp³-hybridized carbons (Fsp3) is 0.680. The number of hydrogen-bond acceptors (Lipinski definition) is 5. The molecule has 0 aliphatic rings. The Bertz CT molecular complexity index is 524. The van der Waals surface area contributed by atoms with Gasteiger partial charge in [0.2, 0.25) is 0 Å². The summed E-state index contributed by atoms with van der Waals surface area (Å²) in [6, 6.07) is 8.71. The molecule has 0 radical (unpaired) electrons. The average molecular weight is 442 g/mol. The zero-order valence-corrected chi connectivity index (χ0v) is 21.3. The highest BCUT2D eigenvalue weighted by atomic mass is 16.6. The summed E-state index contributed by atoms with van der Waals surface area (Å²) >= 11 is 0. The number of ether oxygens (including phenoxy) is 2. The van der Waals surface area contributed by atoms with Gasteiger partial charge < -0.3 is 19.9 Å². The molecule has 0 spiro atoms. The lowest BCUT2D eigenvalue weighted by atomic mass is 10.2. The van der Waals surface area contributed by atoms with Gasteiger partial charge in [-0.3, -0.25) is 4.79 Å². The van der Waals surface area contributed by atoms with Gasteiger partial charge in [-0.2, -0.15) is 0 Å². The van der Waals surface area contributed by atoms with Crippen LogP contribution in [-0.4, -0.2) is 35.4 Å². The van der Waals surface area contributed by atoms with Crippen molar-refractivity contribution in [3.05, 3.63) is 30.3 Å². The van der Waals surface area contributed by atoms with E-state index in [-0.39, 0.29) is 12.6 Å². The Morgan fingerprint density at radius 2 is 1.52 bits per heavy atom. The molecule has 0 aromatic heterocycles. The zero-order valence-electron chi connectivity index (χ0n) is 21.3. The van der Waals surface area contributed by atoms with Crippen molar-refractivity contribution < 1.29 is 24.2 Å². The van der Waals surface area contributed by atoms with Crippen LogP contribution >= 0.6 is 0 Å². The SMILES string of the molecule is CC.CCCC.CCCC[C@H](C)OC(=O)CNC(=O)OC(C)(C)C.Oc1ccccc1. The van der Waals surface area contributed by atoms with Crippen LogP contribution in [0.5, 0.6) is 5.75 Å². The van der Waals surface area contributed by atoms with Crippen molar-refractivity contribution in [2.24, 2.45) is 0 Å². The number of rotatable bonds is 7. The van der Waals surface area contributed by atoms with Gasteiger partial charge in [0, 0.05) is 0 Å². The highest BCUT2D eigenvalue weighted by Crippen LogP contribution is 2.07. The number of unbranched alkanes of at least 4 members (excludes halogenated alkanes) is 2. The van der Waals surface area contributed by atoms with E-state index in [9.17, 15) is 9.59 Å². The second-order valence-corrected chi connectivity index (χ2v) is 7.63. The third-order valence-electron chi connectivity index (χ3n) is 3.33. The molecule has 31 heavy (non-hydrogen) atoms. The Morgan fingerprint density at radius 1 is 1.00 bits per heavy atom. The predicted octanol–water partition coefficient (Wildman–Crippen LogP) is 6.86. The molecule has 6 nitrogen and oxygen atoms in total. The highest BCUT2D eigenvalue weighted by Gasteiger charge is 2.17. The second kappa shape index (κ2) is 22.4. The van der Waals surface area contributed by atoms with Gasteiger partial charge in [0.05, 0.1) is 6.10 Å². The average Bonchev–Trinajstić information content (AvgIpc) is 2.72. The summed E-state index contributed by atoms with van der Waals surface area (Å²) in [5, 5.41) is 11.0. The van der Waals surface area contributed by atoms with E-state index < -0.39 is 17.7 Å². The molecule has 0 aliphatic heterocycles. The fourth-order valence-corrected chi connectivity index (χ4v) is 1.70. The molecule has 6 heteroatoms. The van der Waals surface area contributed by atoms with Gasteiger partial charge in [0.25, 0.3) is 0 Å². The second-order valence-electron chi connectivity index (χ2n) is 7.63. The van der Waals surface area contributed by atoms with Crippen LogP contribution in [0.1, 0.15) is 94.4 Å². The third kappa shape index (κ3) is 30.0. The van der Waals surface area contributed by atoms with Crippen LogP contribution < -0.4 is 5.32 Å². The Balaban J connectivity index is -0.000000489. The van der Waals surface area contributed by atoms with Crippen molar-refractivity contribution in [1.82, 2.24) is 5.32 Å². The number of amides is 1. The summed E-state index contributed by atoms with van der Waals surface area (Å²) in [5.74, 6) is -0.119. The Kier molecular flexibility index (Phi) is 24.2. The van der Waals surface area contributed by atoms with Gasteiger partial charge in [-0.1, -0.05) is 78.5 Å². The number of benzene rings is 1. The van der Waals surface area contributed by atoms with Crippen molar-refractivity contribution in [2.45, 2.75) is 106 Å². The number of nitrogens with one attached hydrogen (secondary N) is 1. The number of aromatic hydroxyl groups is 1. The van der Waals surface area contributed by atoms with Crippen molar-refractivity contribution >= 4 is 12.1 Å². The molecule has 1 atom stereocenters. The van der Waals surface area contributed by atoms with Crippen molar-refractivity contribution in [3.63, 3.8) is 0 Å². The topological polar surface area (TPSA) is 84.9 Å². The maximum Gasteiger partial charge on any atom is 0.408 e. The molecule has 1 aromatic rings. The maximum atomic E-state index is 11.4. The number of hydrogen-bond donors (Lipinski definition) is 2. The minimum absolute atomic E-state index is 0.113. The first-order valence-corrected chi connectivity index (χ1v) is 11.5. The number of carbonyl (C=O) groups excluding carboxylic acids is 2. The van der Waals surface area contributed by atoms with Gasteiger partial charge in [-0.25, -0.2) is 4.79 Å². The summed E-state index contributed by atoms with van der Waals surface area (Å²) in [7, 11) is 0. The third-order valence-corrected chi connectivity index (χ3v) is 3.33. The van der Waals surface area contributed by atoms with Gasteiger partial charge >= 0.3 is 12.1 Å². The number of carbonyl (C=O) groups is 2. The molecule has 0 aliphatic carbocycles. The summed E-state index contributed by atoms with van der Waals surface area (Å²) < 4.78 is 10.1. The van der Waals surface area contributed by atoms with E-state index in [0.29, 0.717) is 5.75 Å². The van der Waals surface area contributed by atoms with Crippen LogP contribution in [0, 0.1) is 0 Å². The van der Waals surface area contributed by atoms with Crippen LogP contribution in [0.3, 0.4) is 0 Å². The number of phenolic OH excluding ortho intramolecular Hbond substituents is 1. The molecule has 0 heterocycles. The minimum atomic E-state index is -0.610. The standard InChI is InChI=1S/C13H25NO4.C6H6O.C4H10.C2H6/c1-6-7-8-10(2)17-11(15)9-14-12(16)18-13(3,4)5;7-6-4-2-1-3-5-6;1-3-4-2;1-2/h10H,6-9H2,1-5H3,(H,14,16);1-5,7H;3-4H2,1-2H3;1-2H3/t10-;;;/m0.../s1. The number of alkyl carbamates (subject to hydrolysis) is 1. The smallest absolute Gasteiger partial charge is 0.408 e. The summed E-state index contributed by atoms with van der Waals surface area (Å²) in [5.41, 5.74) is -0.567. The van der Waals surface area contributed by atoms with Gasteiger partial charge in [0.15, 0.2) is 0 Å². The summed E-state index contributed by atoms with van der Waals surface area (Å²) in [6.45, 7) is 17.4. The Hall–Kier alpha value is -2.24. The highest BCUT2D eigenvalue weighted by molar-refractivity contribution is 5.78. The minimum Gasteiger partial charge on any atom is -0.508 e. The predicted molar refractivity (Wildman–Crippen MR) is 129 cm³/mol. The van der Waals surface area contributed by atoms with Crippen LogP contribution in [-0.2, 0) is 14.3 Å². The molecule has 0 saturated carbocycles. The number of phenols is 1. The molecule has 0 unspecified atom stereocenters. The maximum absolute atomic E-state index is 11.4. The first kappa shape index (κ1) is 33.4. The van der Waals surface area contributed by atoms with Crippen molar-refractivity contribution in [1.29, 1.82) is 0 Å². The summed E-state index contributed by atoms with van der Waals surface area (Å²) in [6.07, 6.45) is 4.85. The van der Waals surface area contributed by atoms with Crippen molar-refractivity contribution in [3.8, 4) is 5.75 Å². The van der Waals surface area contributed by atoms with Crippen LogP contribution in [0.15, 0.2) is 30.3 Å². The van der Waals surface area contributed by atoms with Crippen LogP contribution in [0.2, 0.25) is 0 Å². The lowest BCUT2D eigenvalue weighted by Gasteiger charge is -2.19. The van der Waals surface area contributed by atoms with E-state index in [1.165, 1.54) is 12.8 Å². The molecule has 1 aromatic carbocycles. The molecule has 1 rings (SSSR count). The van der Waals surface area contributed by atoms with E-state index in [0.717, 1.165) is 19.3 Å². The van der Waals surface area contributed by atoms with E-state index in [1.54, 1.807) is 45.0 Å². The van der Waals surface area contributed by atoms with Gasteiger partial charge in [-0.05, 0) is 46.2 Å². The van der Waals surface area contributed by atoms with E-state index >= 15 is 0 Å². The number of para-hydroxylation sites is 1. The van der Waals surface area contributed by atoms with Gasteiger partial charge in [0.1, 0.15) is 17.9 Å². The molecule has 182 valence electrons. The first-order chi connectivity index (χ1) is 14.6. The molecule has 0 saturated heterocycles.